The highest BCUT2D eigenvalue weighted by Crippen LogP contribution is 2.29. The number of benzene rings is 1. The van der Waals surface area contributed by atoms with Crippen molar-refractivity contribution in [2.24, 2.45) is 5.92 Å². The van der Waals surface area contributed by atoms with Gasteiger partial charge in [0.25, 0.3) is 0 Å². The Morgan fingerprint density at radius 3 is 3.06 bits per heavy atom. The van der Waals surface area contributed by atoms with Crippen LogP contribution in [0.3, 0.4) is 0 Å². The van der Waals surface area contributed by atoms with Gasteiger partial charge in [-0.05, 0) is 40.9 Å². The van der Waals surface area contributed by atoms with Gasteiger partial charge in [-0.1, -0.05) is 13.0 Å². The second kappa shape index (κ2) is 5.27. The Bertz CT molecular complexity index is 433. The summed E-state index contributed by atoms with van der Waals surface area (Å²) < 4.78 is 19.6. The van der Waals surface area contributed by atoms with Gasteiger partial charge in [0.1, 0.15) is 5.82 Å². The summed E-state index contributed by atoms with van der Waals surface area (Å²) in [6.07, 6.45) is 1.40. The number of carbonyl (C=O) groups is 1. The molecule has 0 aliphatic carbocycles. The molecule has 2 rings (SSSR count). The molecule has 1 heterocycles. The number of hydrogen-bond donors (Lipinski definition) is 0. The molecule has 0 aromatic heterocycles. The molecule has 1 aromatic rings. The van der Waals surface area contributed by atoms with Crippen LogP contribution in [0.25, 0.3) is 0 Å². The fraction of sp³-hybridized carbons (Fsp3) is 0.462. The number of Topliss-reactive ketones (excluding diaryl/α,β-unsaturated/α-hetero) is 1. The van der Waals surface area contributed by atoms with Crippen molar-refractivity contribution in [2.75, 3.05) is 6.61 Å². The monoisotopic (exact) mass is 300 g/mol. The van der Waals surface area contributed by atoms with Crippen LogP contribution >= 0.6 is 15.9 Å². The van der Waals surface area contributed by atoms with Crippen molar-refractivity contribution < 1.29 is 13.9 Å². The van der Waals surface area contributed by atoms with E-state index in [-0.39, 0.29) is 23.4 Å². The summed E-state index contributed by atoms with van der Waals surface area (Å²) in [6.45, 7) is 2.57. The molecule has 0 bridgehead atoms. The average molecular weight is 301 g/mol. The lowest BCUT2D eigenvalue weighted by molar-refractivity contribution is 0.0686. The Kier molecular flexibility index (Phi) is 3.94. The molecule has 0 spiro atoms. The summed E-state index contributed by atoms with van der Waals surface area (Å²) in [5.74, 6) is -0.823. The molecular formula is C13H14BrFO2. The van der Waals surface area contributed by atoms with Crippen LogP contribution in [0.4, 0.5) is 4.39 Å². The van der Waals surface area contributed by atoms with Crippen molar-refractivity contribution in [3.63, 3.8) is 0 Å². The maximum atomic E-state index is 13.8. The topological polar surface area (TPSA) is 26.3 Å². The smallest absolute Gasteiger partial charge is 0.171 e. The third-order valence-corrected chi connectivity index (χ3v) is 3.78. The van der Waals surface area contributed by atoms with Crippen molar-refractivity contribution in [2.45, 2.75) is 25.9 Å². The summed E-state index contributed by atoms with van der Waals surface area (Å²) in [7, 11) is 0. The molecule has 0 amide bonds. The zero-order chi connectivity index (χ0) is 12.4. The first kappa shape index (κ1) is 12.7. The van der Waals surface area contributed by atoms with E-state index in [2.05, 4.69) is 15.9 Å². The lowest BCUT2D eigenvalue weighted by Gasteiger charge is -2.16. The molecule has 1 saturated heterocycles. The molecule has 1 aliphatic heterocycles. The van der Waals surface area contributed by atoms with Gasteiger partial charge in [-0.15, -0.1) is 0 Å². The first-order chi connectivity index (χ1) is 8.15. The number of halogens is 2. The summed E-state index contributed by atoms with van der Waals surface area (Å²) in [5.41, 5.74) is 0.160. The maximum Gasteiger partial charge on any atom is 0.171 e. The van der Waals surface area contributed by atoms with Crippen LogP contribution in [0.1, 0.15) is 30.1 Å². The zero-order valence-corrected chi connectivity index (χ0v) is 11.2. The van der Waals surface area contributed by atoms with E-state index in [1.54, 1.807) is 12.1 Å². The molecule has 2 unspecified atom stereocenters. The molecule has 17 heavy (non-hydrogen) atoms. The fourth-order valence-corrected chi connectivity index (χ4v) is 2.61. The maximum absolute atomic E-state index is 13.8. The molecule has 2 nitrogen and oxygen atoms in total. The third-order valence-electron chi connectivity index (χ3n) is 3.17. The summed E-state index contributed by atoms with van der Waals surface area (Å²) in [4.78, 5) is 12.2. The van der Waals surface area contributed by atoms with Gasteiger partial charge in [-0.2, -0.15) is 0 Å². The predicted molar refractivity (Wildman–Crippen MR) is 66.6 cm³/mol. The van der Waals surface area contributed by atoms with Crippen LogP contribution in [0, 0.1) is 11.7 Å². The second-order valence-electron chi connectivity index (χ2n) is 4.18. The number of rotatable bonds is 3. The third kappa shape index (κ3) is 2.43. The van der Waals surface area contributed by atoms with Crippen LogP contribution in [0.15, 0.2) is 22.7 Å². The van der Waals surface area contributed by atoms with Crippen LogP contribution in [-0.4, -0.2) is 18.5 Å². The normalized spacial score (nSPS) is 23.9. The minimum absolute atomic E-state index is 0.0686. The Balaban J connectivity index is 2.28. The molecular weight excluding hydrogens is 287 g/mol. The quantitative estimate of drug-likeness (QED) is 0.798. The van der Waals surface area contributed by atoms with Crippen LogP contribution in [-0.2, 0) is 4.74 Å². The standard InChI is InChI=1S/C13H14BrFO2/c1-2-11-8(6-7-17-11)13(16)9-4-3-5-10(14)12(9)15/h3-5,8,11H,2,6-7H2,1H3. The minimum atomic E-state index is -0.473. The van der Waals surface area contributed by atoms with E-state index >= 15 is 0 Å². The Hall–Kier alpha value is -0.740. The molecule has 92 valence electrons. The molecule has 0 N–H and O–H groups in total. The molecule has 1 aromatic carbocycles. The number of ketones is 1. The lowest BCUT2D eigenvalue weighted by atomic mass is 9.90. The van der Waals surface area contributed by atoms with Gasteiger partial charge in [0.05, 0.1) is 22.1 Å². The Morgan fingerprint density at radius 2 is 2.35 bits per heavy atom. The summed E-state index contributed by atoms with van der Waals surface area (Å²) in [6, 6.07) is 4.80. The van der Waals surface area contributed by atoms with Gasteiger partial charge < -0.3 is 4.74 Å². The van der Waals surface area contributed by atoms with Crippen LogP contribution in [0.5, 0.6) is 0 Å². The fourth-order valence-electron chi connectivity index (χ4n) is 2.24. The van der Waals surface area contributed by atoms with Crippen molar-refractivity contribution in [1.29, 1.82) is 0 Å². The van der Waals surface area contributed by atoms with E-state index in [0.29, 0.717) is 17.5 Å². The first-order valence-corrected chi connectivity index (χ1v) is 6.54. The van der Waals surface area contributed by atoms with Gasteiger partial charge in [-0.3, -0.25) is 4.79 Å². The summed E-state index contributed by atoms with van der Waals surface area (Å²) in [5, 5.41) is 0. The Labute approximate surface area is 108 Å². The molecule has 0 radical (unpaired) electrons. The number of carbonyl (C=O) groups excluding carboxylic acids is 1. The van der Waals surface area contributed by atoms with E-state index in [9.17, 15) is 9.18 Å². The largest absolute Gasteiger partial charge is 0.377 e. The van der Waals surface area contributed by atoms with Crippen LogP contribution in [0.2, 0.25) is 0 Å². The highest BCUT2D eigenvalue weighted by atomic mass is 79.9. The van der Waals surface area contributed by atoms with E-state index in [4.69, 9.17) is 4.74 Å². The second-order valence-corrected chi connectivity index (χ2v) is 5.03. The number of ether oxygens (including phenoxy) is 1. The van der Waals surface area contributed by atoms with Crippen molar-refractivity contribution in [3.05, 3.63) is 34.1 Å². The van der Waals surface area contributed by atoms with E-state index in [1.807, 2.05) is 6.92 Å². The van der Waals surface area contributed by atoms with Gasteiger partial charge in [0.15, 0.2) is 5.78 Å². The molecule has 0 saturated carbocycles. The van der Waals surface area contributed by atoms with Gasteiger partial charge in [-0.25, -0.2) is 4.39 Å². The molecule has 4 heteroatoms. The Morgan fingerprint density at radius 1 is 1.59 bits per heavy atom. The van der Waals surface area contributed by atoms with Crippen LogP contribution < -0.4 is 0 Å². The van der Waals surface area contributed by atoms with Gasteiger partial charge >= 0.3 is 0 Å². The summed E-state index contributed by atoms with van der Waals surface area (Å²) >= 11 is 3.10. The minimum Gasteiger partial charge on any atom is -0.377 e. The average Bonchev–Trinajstić information content (AvgIpc) is 2.80. The zero-order valence-electron chi connectivity index (χ0n) is 9.58. The lowest BCUT2D eigenvalue weighted by Crippen LogP contribution is -2.24. The molecule has 2 atom stereocenters. The van der Waals surface area contributed by atoms with Crippen molar-refractivity contribution in [1.82, 2.24) is 0 Å². The van der Waals surface area contributed by atoms with Gasteiger partial charge in [0.2, 0.25) is 0 Å². The SMILES string of the molecule is CCC1OCCC1C(=O)c1cccc(Br)c1F. The van der Waals surface area contributed by atoms with Crippen molar-refractivity contribution >= 4 is 21.7 Å². The highest BCUT2D eigenvalue weighted by molar-refractivity contribution is 9.10. The first-order valence-electron chi connectivity index (χ1n) is 5.75. The number of hydrogen-bond acceptors (Lipinski definition) is 2. The predicted octanol–water partition coefficient (Wildman–Crippen LogP) is 3.59. The molecule has 1 aliphatic rings. The highest BCUT2D eigenvalue weighted by Gasteiger charge is 2.34. The van der Waals surface area contributed by atoms with E-state index < -0.39 is 5.82 Å². The van der Waals surface area contributed by atoms with Gasteiger partial charge in [0, 0.05) is 6.61 Å². The van der Waals surface area contributed by atoms with E-state index in [1.165, 1.54) is 6.07 Å². The molecule has 1 fully saturated rings. The van der Waals surface area contributed by atoms with Crippen molar-refractivity contribution in [3.8, 4) is 0 Å². The van der Waals surface area contributed by atoms with E-state index in [0.717, 1.165) is 6.42 Å².